The Kier molecular flexibility index (Phi) is 6.01. The lowest BCUT2D eigenvalue weighted by Crippen LogP contribution is -2.18. The summed E-state index contributed by atoms with van der Waals surface area (Å²) in [5, 5.41) is 7.59. The third kappa shape index (κ3) is 4.79. The van der Waals surface area contributed by atoms with E-state index >= 15 is 0 Å². The van der Waals surface area contributed by atoms with Crippen LogP contribution < -0.4 is 5.32 Å². The maximum absolute atomic E-state index is 11.9. The number of nitrogens with one attached hydrogen (secondary N) is 1. The van der Waals surface area contributed by atoms with Crippen LogP contribution in [0.3, 0.4) is 0 Å². The Morgan fingerprint density at radius 3 is 2.55 bits per heavy atom. The number of rotatable bonds is 7. The minimum absolute atomic E-state index is 0.0781. The first-order chi connectivity index (χ1) is 9.26. The van der Waals surface area contributed by atoms with Gasteiger partial charge in [0, 0.05) is 30.5 Å². The minimum Gasteiger partial charge on any atom is -0.372 e. The van der Waals surface area contributed by atoms with Gasteiger partial charge in [-0.3, -0.25) is 4.68 Å². The second-order valence-electron chi connectivity index (χ2n) is 4.84. The molecule has 0 aliphatic heterocycles. The van der Waals surface area contributed by atoms with E-state index in [4.69, 9.17) is 0 Å². The molecule has 1 aromatic rings. The number of aromatic nitrogens is 2. The zero-order chi connectivity index (χ0) is 15.3. The van der Waals surface area contributed by atoms with Crippen LogP contribution in [0.25, 0.3) is 0 Å². The second kappa shape index (κ2) is 7.08. The smallest absolute Gasteiger partial charge is 0.372 e. The Morgan fingerprint density at radius 1 is 1.35 bits per heavy atom. The van der Waals surface area contributed by atoms with Crippen molar-refractivity contribution in [2.45, 2.75) is 46.0 Å². The minimum atomic E-state index is -4.26. The van der Waals surface area contributed by atoms with Gasteiger partial charge < -0.3 is 10.1 Å². The zero-order valence-electron chi connectivity index (χ0n) is 12.3. The number of hydrogen-bond donors (Lipinski definition) is 1. The predicted octanol–water partition coefficient (Wildman–Crippen LogP) is 2.75. The van der Waals surface area contributed by atoms with Crippen molar-refractivity contribution in [2.75, 3.05) is 20.3 Å². The summed E-state index contributed by atoms with van der Waals surface area (Å²) in [5.74, 6) is 0. The third-order valence-electron chi connectivity index (χ3n) is 3.23. The Hall–Kier alpha value is -1.08. The fourth-order valence-electron chi connectivity index (χ4n) is 2.20. The highest BCUT2D eigenvalue weighted by Gasteiger charge is 2.27. The van der Waals surface area contributed by atoms with E-state index in [1.54, 1.807) is 0 Å². The largest absolute Gasteiger partial charge is 0.411 e. The van der Waals surface area contributed by atoms with Crippen molar-refractivity contribution in [1.29, 1.82) is 0 Å². The first-order valence-electron chi connectivity index (χ1n) is 6.62. The molecule has 1 aromatic heterocycles. The highest BCUT2D eigenvalue weighted by Crippen LogP contribution is 2.21. The SMILES string of the molecule is CNC(C)c1c(C)nn(CCCOCC(F)(F)F)c1C. The molecule has 0 fully saturated rings. The van der Waals surface area contributed by atoms with Crippen LogP contribution in [0.15, 0.2) is 0 Å². The molecule has 0 spiro atoms. The number of hydrogen-bond acceptors (Lipinski definition) is 3. The van der Waals surface area contributed by atoms with E-state index < -0.39 is 12.8 Å². The fourth-order valence-corrected chi connectivity index (χ4v) is 2.20. The molecule has 0 aliphatic rings. The standard InChI is InChI=1S/C13H22F3N3O/c1-9(17-4)12-10(2)18-19(11(12)3)6-5-7-20-8-13(14,15)16/h9,17H,5-8H2,1-4H3. The molecule has 4 nitrogen and oxygen atoms in total. The Balaban J connectivity index is 2.49. The van der Waals surface area contributed by atoms with Crippen LogP contribution in [0.1, 0.15) is 36.3 Å². The van der Waals surface area contributed by atoms with Gasteiger partial charge in [-0.2, -0.15) is 18.3 Å². The lowest BCUT2D eigenvalue weighted by atomic mass is 10.1. The molecule has 0 aliphatic carbocycles. The summed E-state index contributed by atoms with van der Waals surface area (Å²) in [5.41, 5.74) is 3.13. The molecule has 1 heterocycles. The van der Waals surface area contributed by atoms with Gasteiger partial charge in [0.05, 0.1) is 5.69 Å². The lowest BCUT2D eigenvalue weighted by molar-refractivity contribution is -0.174. The van der Waals surface area contributed by atoms with Crippen LogP contribution in [0.4, 0.5) is 13.2 Å². The van der Waals surface area contributed by atoms with Crippen LogP contribution in [0.2, 0.25) is 0 Å². The molecular formula is C13H22F3N3O. The van der Waals surface area contributed by atoms with E-state index in [1.807, 2.05) is 32.5 Å². The van der Waals surface area contributed by atoms with Gasteiger partial charge in [-0.15, -0.1) is 0 Å². The van der Waals surface area contributed by atoms with Gasteiger partial charge in [0.15, 0.2) is 0 Å². The van der Waals surface area contributed by atoms with E-state index in [0.29, 0.717) is 13.0 Å². The van der Waals surface area contributed by atoms with Crippen molar-refractivity contribution in [3.05, 3.63) is 17.0 Å². The number of halogens is 3. The molecule has 1 atom stereocenters. The molecule has 7 heteroatoms. The molecule has 0 radical (unpaired) electrons. The van der Waals surface area contributed by atoms with E-state index in [2.05, 4.69) is 15.2 Å². The van der Waals surface area contributed by atoms with Crippen molar-refractivity contribution in [2.24, 2.45) is 0 Å². The Labute approximate surface area is 117 Å². The number of ether oxygens (including phenoxy) is 1. The molecule has 0 saturated carbocycles. The van der Waals surface area contributed by atoms with E-state index in [1.165, 1.54) is 0 Å². The normalized spacial score (nSPS) is 13.8. The average molecular weight is 293 g/mol. The third-order valence-corrected chi connectivity index (χ3v) is 3.23. The summed E-state index contributed by atoms with van der Waals surface area (Å²) in [4.78, 5) is 0. The van der Waals surface area contributed by atoms with Crippen LogP contribution in [-0.2, 0) is 11.3 Å². The van der Waals surface area contributed by atoms with E-state index in [-0.39, 0.29) is 12.6 Å². The van der Waals surface area contributed by atoms with Crippen LogP contribution in [0, 0.1) is 13.8 Å². The Bertz CT molecular complexity index is 429. The first kappa shape index (κ1) is 17.0. The predicted molar refractivity (Wildman–Crippen MR) is 70.7 cm³/mol. The molecule has 1 N–H and O–H groups in total. The summed E-state index contributed by atoms with van der Waals surface area (Å²) in [6.07, 6.45) is -3.75. The van der Waals surface area contributed by atoms with Crippen LogP contribution >= 0.6 is 0 Å². The van der Waals surface area contributed by atoms with Gasteiger partial charge in [-0.25, -0.2) is 0 Å². The topological polar surface area (TPSA) is 39.1 Å². The number of aryl methyl sites for hydroxylation is 2. The number of nitrogens with zero attached hydrogens (tertiary/aromatic N) is 2. The quantitative estimate of drug-likeness (QED) is 0.786. The fraction of sp³-hybridized carbons (Fsp3) is 0.769. The maximum Gasteiger partial charge on any atom is 0.411 e. The Morgan fingerprint density at radius 2 is 2.00 bits per heavy atom. The number of alkyl halides is 3. The van der Waals surface area contributed by atoms with Gasteiger partial charge in [-0.1, -0.05) is 0 Å². The molecule has 0 saturated heterocycles. The van der Waals surface area contributed by atoms with Crippen molar-refractivity contribution in [1.82, 2.24) is 15.1 Å². The highest BCUT2D eigenvalue weighted by molar-refractivity contribution is 5.27. The molecule has 0 aromatic carbocycles. The molecule has 20 heavy (non-hydrogen) atoms. The van der Waals surface area contributed by atoms with Gasteiger partial charge in [-0.05, 0) is 34.2 Å². The second-order valence-corrected chi connectivity index (χ2v) is 4.84. The summed E-state index contributed by atoms with van der Waals surface area (Å²) >= 11 is 0. The van der Waals surface area contributed by atoms with Gasteiger partial charge in [0.2, 0.25) is 0 Å². The molecule has 1 rings (SSSR count). The van der Waals surface area contributed by atoms with Crippen LogP contribution in [-0.4, -0.2) is 36.2 Å². The maximum atomic E-state index is 11.9. The van der Waals surface area contributed by atoms with Gasteiger partial charge >= 0.3 is 6.18 Å². The summed E-state index contributed by atoms with van der Waals surface area (Å²) in [7, 11) is 1.88. The molecule has 116 valence electrons. The van der Waals surface area contributed by atoms with Crippen molar-refractivity contribution in [3.63, 3.8) is 0 Å². The van der Waals surface area contributed by atoms with E-state index in [9.17, 15) is 13.2 Å². The van der Waals surface area contributed by atoms with Gasteiger partial charge in [0.1, 0.15) is 6.61 Å². The lowest BCUT2D eigenvalue weighted by Gasteiger charge is -2.11. The summed E-state index contributed by atoms with van der Waals surface area (Å²) < 4.78 is 42.1. The van der Waals surface area contributed by atoms with Crippen molar-refractivity contribution in [3.8, 4) is 0 Å². The summed E-state index contributed by atoms with van der Waals surface area (Å²) in [6.45, 7) is 5.41. The molecule has 0 amide bonds. The van der Waals surface area contributed by atoms with E-state index in [0.717, 1.165) is 17.0 Å². The molecular weight excluding hydrogens is 271 g/mol. The average Bonchev–Trinajstić information content (AvgIpc) is 2.62. The summed E-state index contributed by atoms with van der Waals surface area (Å²) in [6, 6.07) is 0.199. The van der Waals surface area contributed by atoms with Crippen LogP contribution in [0.5, 0.6) is 0 Å². The zero-order valence-corrected chi connectivity index (χ0v) is 12.3. The van der Waals surface area contributed by atoms with Gasteiger partial charge in [0.25, 0.3) is 0 Å². The highest BCUT2D eigenvalue weighted by atomic mass is 19.4. The van der Waals surface area contributed by atoms with Crippen molar-refractivity contribution >= 4 is 0 Å². The first-order valence-corrected chi connectivity index (χ1v) is 6.62. The molecule has 1 unspecified atom stereocenters. The molecule has 0 bridgehead atoms. The monoisotopic (exact) mass is 293 g/mol. The van der Waals surface area contributed by atoms with Crippen molar-refractivity contribution < 1.29 is 17.9 Å².